The Kier molecular flexibility index (Phi) is 3.96. The highest BCUT2D eigenvalue weighted by Gasteiger charge is 2.42. The summed E-state index contributed by atoms with van der Waals surface area (Å²) in [6.07, 6.45) is 0.488. The lowest BCUT2D eigenvalue weighted by Crippen LogP contribution is -2.48. The van der Waals surface area contributed by atoms with E-state index < -0.39 is 17.5 Å². The van der Waals surface area contributed by atoms with E-state index in [0.717, 1.165) is 13.1 Å². The quantitative estimate of drug-likeness (QED) is 0.534. The summed E-state index contributed by atoms with van der Waals surface area (Å²) in [6.45, 7) is 2.70. The van der Waals surface area contributed by atoms with Crippen molar-refractivity contribution in [3.63, 3.8) is 0 Å². The molecule has 0 spiro atoms. The van der Waals surface area contributed by atoms with E-state index in [4.69, 9.17) is 0 Å². The van der Waals surface area contributed by atoms with Gasteiger partial charge in [0.25, 0.3) is 0 Å². The minimum Gasteiger partial charge on any atom is -0.507 e. The van der Waals surface area contributed by atoms with Gasteiger partial charge in [-0.3, -0.25) is 14.4 Å². The third-order valence-corrected chi connectivity index (χ3v) is 6.21. The normalized spacial score (nSPS) is 18.4. The van der Waals surface area contributed by atoms with Crippen LogP contribution in [0.3, 0.4) is 0 Å². The van der Waals surface area contributed by atoms with Crippen molar-refractivity contribution in [1.82, 2.24) is 10.2 Å². The molecule has 0 atom stereocenters. The van der Waals surface area contributed by atoms with E-state index in [9.17, 15) is 24.6 Å². The fourth-order valence-corrected chi connectivity index (χ4v) is 4.74. The number of rotatable bonds is 1. The summed E-state index contributed by atoms with van der Waals surface area (Å²) >= 11 is 0. The predicted octanol–water partition coefficient (Wildman–Crippen LogP) is 1.02. The first-order chi connectivity index (χ1) is 14.0. The van der Waals surface area contributed by atoms with E-state index in [0.29, 0.717) is 24.2 Å². The van der Waals surface area contributed by atoms with Crippen molar-refractivity contribution >= 4 is 17.5 Å². The standard InChI is InChI=1S/C22H20N2O5/c25-18-12-3-1-2-4-13(12)19(26)17-16(18)20(27)14-9-11(10-15(14)21(17)28)22(29)24-7-5-23-6-8-24/h1-4,11,23,27-28H,5-10H2. The summed E-state index contributed by atoms with van der Waals surface area (Å²) in [5, 5.41) is 25.0. The third-order valence-electron chi connectivity index (χ3n) is 6.21. The lowest BCUT2D eigenvalue weighted by molar-refractivity contribution is -0.135. The van der Waals surface area contributed by atoms with Crippen LogP contribution < -0.4 is 5.32 Å². The molecule has 1 aliphatic heterocycles. The number of hydrogen-bond donors (Lipinski definition) is 3. The van der Waals surface area contributed by atoms with E-state index in [1.165, 1.54) is 0 Å². The first kappa shape index (κ1) is 17.9. The van der Waals surface area contributed by atoms with Gasteiger partial charge in [0, 0.05) is 54.4 Å². The number of aromatic hydroxyl groups is 2. The summed E-state index contributed by atoms with van der Waals surface area (Å²) in [6, 6.07) is 6.39. The van der Waals surface area contributed by atoms with Crippen LogP contribution in [0.4, 0.5) is 0 Å². The second kappa shape index (κ2) is 6.42. The molecule has 2 aromatic rings. The molecule has 0 saturated carbocycles. The predicted molar refractivity (Wildman–Crippen MR) is 103 cm³/mol. The van der Waals surface area contributed by atoms with Crippen LogP contribution in [0.2, 0.25) is 0 Å². The van der Waals surface area contributed by atoms with Crippen LogP contribution >= 0.6 is 0 Å². The molecule has 5 rings (SSSR count). The number of ketones is 2. The second-order valence-electron chi connectivity index (χ2n) is 7.79. The van der Waals surface area contributed by atoms with Crippen molar-refractivity contribution < 1.29 is 24.6 Å². The number of nitrogens with one attached hydrogen (secondary N) is 1. The molecule has 3 N–H and O–H groups in total. The zero-order valence-corrected chi connectivity index (χ0v) is 15.7. The number of phenols is 2. The van der Waals surface area contributed by atoms with Gasteiger partial charge in [-0.05, 0) is 12.8 Å². The first-order valence-corrected chi connectivity index (χ1v) is 9.76. The van der Waals surface area contributed by atoms with E-state index in [-0.39, 0.29) is 52.5 Å². The molecular formula is C22H20N2O5. The van der Waals surface area contributed by atoms with Crippen molar-refractivity contribution in [3.05, 3.63) is 57.6 Å². The molecule has 148 valence electrons. The van der Waals surface area contributed by atoms with Crippen LogP contribution in [0, 0.1) is 5.92 Å². The van der Waals surface area contributed by atoms with Crippen LogP contribution in [-0.2, 0) is 17.6 Å². The maximum atomic E-state index is 13.0. The molecule has 0 aromatic heterocycles. The van der Waals surface area contributed by atoms with E-state index in [1.807, 2.05) is 0 Å². The highest BCUT2D eigenvalue weighted by Crippen LogP contribution is 2.47. The maximum absolute atomic E-state index is 13.0. The summed E-state index contributed by atoms with van der Waals surface area (Å²) in [5.74, 6) is -1.98. The van der Waals surface area contributed by atoms with Gasteiger partial charge in [-0.2, -0.15) is 0 Å². The largest absolute Gasteiger partial charge is 0.507 e. The van der Waals surface area contributed by atoms with Crippen LogP contribution in [-0.4, -0.2) is 58.8 Å². The number of fused-ring (bicyclic) bond motifs is 3. The fraction of sp³-hybridized carbons (Fsp3) is 0.318. The number of hydrogen-bond acceptors (Lipinski definition) is 6. The number of amides is 1. The lowest BCUT2D eigenvalue weighted by Gasteiger charge is -2.29. The summed E-state index contributed by atoms with van der Waals surface area (Å²) in [4.78, 5) is 40.7. The molecule has 0 bridgehead atoms. The number of carbonyl (C=O) groups excluding carboxylic acids is 3. The third kappa shape index (κ3) is 2.50. The number of carbonyl (C=O) groups is 3. The SMILES string of the molecule is O=C1c2ccccc2C(=O)c2c(O)c3c(c(O)c21)CC(C(=O)N1CCNCC1)C3. The molecule has 1 amide bonds. The molecule has 1 fully saturated rings. The van der Waals surface area contributed by atoms with Gasteiger partial charge in [-0.15, -0.1) is 0 Å². The molecule has 3 aliphatic rings. The van der Waals surface area contributed by atoms with Crippen LogP contribution in [0.25, 0.3) is 0 Å². The molecule has 0 unspecified atom stereocenters. The lowest BCUT2D eigenvalue weighted by atomic mass is 9.81. The van der Waals surface area contributed by atoms with Crippen molar-refractivity contribution in [1.29, 1.82) is 0 Å². The van der Waals surface area contributed by atoms with Crippen molar-refractivity contribution in [2.75, 3.05) is 26.2 Å². The zero-order valence-electron chi connectivity index (χ0n) is 15.7. The number of nitrogens with zero attached hydrogens (tertiary/aromatic N) is 1. The Morgan fingerprint density at radius 2 is 1.38 bits per heavy atom. The van der Waals surface area contributed by atoms with Gasteiger partial charge in [0.1, 0.15) is 11.5 Å². The summed E-state index contributed by atoms with van der Waals surface area (Å²) in [7, 11) is 0. The van der Waals surface area contributed by atoms with Gasteiger partial charge >= 0.3 is 0 Å². The fourth-order valence-electron chi connectivity index (χ4n) is 4.74. The van der Waals surface area contributed by atoms with Crippen molar-refractivity contribution in [2.24, 2.45) is 5.92 Å². The zero-order chi connectivity index (χ0) is 20.3. The molecule has 1 heterocycles. The van der Waals surface area contributed by atoms with Crippen LogP contribution in [0.15, 0.2) is 24.3 Å². The topological polar surface area (TPSA) is 107 Å². The average Bonchev–Trinajstić information content (AvgIpc) is 3.21. The van der Waals surface area contributed by atoms with Crippen molar-refractivity contribution in [3.8, 4) is 11.5 Å². The Morgan fingerprint density at radius 1 is 0.897 bits per heavy atom. The van der Waals surface area contributed by atoms with Crippen LogP contribution in [0.1, 0.15) is 43.0 Å². The number of phenolic OH excluding ortho intramolecular Hbond substituents is 2. The van der Waals surface area contributed by atoms with E-state index >= 15 is 0 Å². The van der Waals surface area contributed by atoms with E-state index in [2.05, 4.69) is 5.32 Å². The second-order valence-corrected chi connectivity index (χ2v) is 7.79. The highest BCUT2D eigenvalue weighted by molar-refractivity contribution is 6.30. The molecule has 0 radical (unpaired) electrons. The van der Waals surface area contributed by atoms with Gasteiger partial charge in [0.2, 0.25) is 5.91 Å². The minimum atomic E-state index is -0.484. The highest BCUT2D eigenvalue weighted by atomic mass is 16.3. The number of benzene rings is 2. The van der Waals surface area contributed by atoms with Gasteiger partial charge in [0.15, 0.2) is 11.6 Å². The Morgan fingerprint density at radius 3 is 1.86 bits per heavy atom. The molecular weight excluding hydrogens is 372 g/mol. The monoisotopic (exact) mass is 392 g/mol. The van der Waals surface area contributed by atoms with Gasteiger partial charge in [-0.1, -0.05) is 24.3 Å². The smallest absolute Gasteiger partial charge is 0.226 e. The Balaban J connectivity index is 1.58. The molecule has 2 aliphatic carbocycles. The first-order valence-electron chi connectivity index (χ1n) is 9.76. The average molecular weight is 392 g/mol. The van der Waals surface area contributed by atoms with Crippen LogP contribution in [0.5, 0.6) is 11.5 Å². The molecule has 7 nitrogen and oxygen atoms in total. The molecule has 7 heteroatoms. The summed E-state index contributed by atoms with van der Waals surface area (Å²) < 4.78 is 0. The summed E-state index contributed by atoms with van der Waals surface area (Å²) in [5.41, 5.74) is 0.920. The van der Waals surface area contributed by atoms with Gasteiger partial charge in [0.05, 0.1) is 11.1 Å². The minimum absolute atomic E-state index is 0.0274. The molecule has 29 heavy (non-hydrogen) atoms. The van der Waals surface area contributed by atoms with Gasteiger partial charge in [-0.25, -0.2) is 0 Å². The van der Waals surface area contributed by atoms with E-state index in [1.54, 1.807) is 29.2 Å². The Labute approximate surface area is 167 Å². The number of piperazine rings is 1. The molecule has 1 saturated heterocycles. The Hall–Kier alpha value is -3.19. The Bertz CT molecular complexity index is 1020. The maximum Gasteiger partial charge on any atom is 0.226 e. The van der Waals surface area contributed by atoms with Crippen molar-refractivity contribution in [2.45, 2.75) is 12.8 Å². The van der Waals surface area contributed by atoms with Gasteiger partial charge < -0.3 is 20.4 Å². The molecule has 2 aromatic carbocycles.